The van der Waals surface area contributed by atoms with Crippen LogP contribution in [0.25, 0.3) is 0 Å². The van der Waals surface area contributed by atoms with E-state index < -0.39 is 65.2 Å². The lowest BCUT2D eigenvalue weighted by Gasteiger charge is -2.21. The van der Waals surface area contributed by atoms with Gasteiger partial charge in [-0.25, -0.2) is 0 Å². The Labute approximate surface area is 299 Å². The van der Waals surface area contributed by atoms with Crippen molar-refractivity contribution in [3.8, 4) is 0 Å². The fourth-order valence-electron chi connectivity index (χ4n) is 4.21. The fraction of sp³-hybridized carbons (Fsp3) is 0.838. The van der Waals surface area contributed by atoms with Crippen LogP contribution in [0.2, 0.25) is 0 Å². The molecule has 0 bridgehead atoms. The minimum atomic E-state index is -1.23. The maximum absolute atomic E-state index is 12.0. The zero-order valence-corrected chi connectivity index (χ0v) is 31.9. The quantitative estimate of drug-likeness (QED) is 0.0360. The molecule has 292 valence electrons. The van der Waals surface area contributed by atoms with Gasteiger partial charge < -0.3 is 34.3 Å². The van der Waals surface area contributed by atoms with Crippen molar-refractivity contribution in [1.29, 1.82) is 0 Å². The molecule has 0 rings (SSSR count). The van der Waals surface area contributed by atoms with Crippen molar-refractivity contribution in [3.63, 3.8) is 0 Å². The average molecular weight is 719 g/mol. The molecule has 0 heterocycles. The maximum Gasteiger partial charge on any atom is 0.320 e. The fourth-order valence-corrected chi connectivity index (χ4v) is 4.21. The van der Waals surface area contributed by atoms with E-state index in [1.165, 1.54) is 25.7 Å². The second-order valence-corrected chi connectivity index (χ2v) is 13.9. The number of hydrogen-bond donors (Lipinski definition) is 3. The predicted octanol–water partition coefficient (Wildman–Crippen LogP) is 6.50. The Kier molecular flexibility index (Phi) is 26.9. The van der Waals surface area contributed by atoms with Crippen molar-refractivity contribution in [2.45, 2.75) is 151 Å². The molecule has 3 atom stereocenters. The lowest BCUT2D eigenvalue weighted by molar-refractivity contribution is -0.164. The van der Waals surface area contributed by atoms with Crippen molar-refractivity contribution in [3.05, 3.63) is 0 Å². The molecule has 0 radical (unpaired) electrons. The molecule has 0 spiro atoms. The Hall–Kier alpha value is -3.22. The minimum absolute atomic E-state index is 0.0144. The molecule has 0 saturated carbocycles. The van der Waals surface area contributed by atoms with E-state index in [1.54, 1.807) is 27.7 Å². The van der Waals surface area contributed by atoms with Crippen molar-refractivity contribution in [2.24, 2.45) is 22.7 Å². The van der Waals surface area contributed by atoms with Gasteiger partial charge in [-0.15, -0.1) is 0 Å². The zero-order chi connectivity index (χ0) is 38.8. The first-order valence-electron chi connectivity index (χ1n) is 18.2. The summed E-state index contributed by atoms with van der Waals surface area (Å²) in [6.07, 6.45) is 9.81. The van der Waals surface area contributed by atoms with E-state index in [0.29, 0.717) is 32.1 Å². The maximum atomic E-state index is 12.0. The lowest BCUT2D eigenvalue weighted by atomic mass is 9.91. The summed E-state index contributed by atoms with van der Waals surface area (Å²) in [7, 11) is 0. The van der Waals surface area contributed by atoms with Gasteiger partial charge in [0, 0.05) is 0 Å². The highest BCUT2D eigenvalue weighted by Crippen LogP contribution is 2.22. The third kappa shape index (κ3) is 23.2. The molecule has 0 aromatic heterocycles. The Morgan fingerprint density at radius 1 is 0.580 bits per heavy atom. The normalized spacial score (nSPS) is 13.1. The molecule has 0 fully saturated rings. The van der Waals surface area contributed by atoms with Gasteiger partial charge in [-0.05, 0) is 53.4 Å². The van der Waals surface area contributed by atoms with Gasteiger partial charge in [-0.3, -0.25) is 28.8 Å². The first kappa shape index (κ1) is 48.9. The molecular formula is C37H66O13. The molecule has 0 aliphatic heterocycles. The number of aliphatic hydroxyl groups excluding tert-OH is 1. The predicted molar refractivity (Wildman–Crippen MR) is 187 cm³/mol. The Morgan fingerprint density at radius 3 is 1.54 bits per heavy atom. The van der Waals surface area contributed by atoms with Crippen LogP contribution in [0.4, 0.5) is 0 Å². The number of rotatable bonds is 27. The lowest BCUT2D eigenvalue weighted by Crippen LogP contribution is -2.33. The molecule has 3 unspecified atom stereocenters. The van der Waals surface area contributed by atoms with E-state index in [9.17, 15) is 39.0 Å². The van der Waals surface area contributed by atoms with Gasteiger partial charge in [0.1, 0.15) is 32.5 Å². The van der Waals surface area contributed by atoms with E-state index in [0.717, 1.165) is 19.3 Å². The van der Waals surface area contributed by atoms with Gasteiger partial charge in [0.15, 0.2) is 5.92 Å². The standard InChI is InChI=1S/C22H40O7.C15H26O6/c1-5-7-8-9-10-11-12-13-14-18(19(24)25)20(26)28-15-17(23)16-29-21(27)22(3,4)6-2;1-5-7-11(13(17)18)10-12(16)20-8-9-21-14(19)15(3,4)6-2/h17-18,23H,5-16H2,1-4H3,(H,24,25);11H,5-10H2,1-4H3,(H,17,18). The van der Waals surface area contributed by atoms with Gasteiger partial charge in [-0.2, -0.15) is 0 Å². The van der Waals surface area contributed by atoms with Crippen LogP contribution in [0.15, 0.2) is 0 Å². The molecule has 0 amide bonds. The number of esters is 4. The summed E-state index contributed by atoms with van der Waals surface area (Å²) in [5, 5.41) is 28.0. The van der Waals surface area contributed by atoms with Gasteiger partial charge >= 0.3 is 35.8 Å². The summed E-state index contributed by atoms with van der Waals surface area (Å²) in [5.41, 5.74) is -1.21. The minimum Gasteiger partial charge on any atom is -0.481 e. The summed E-state index contributed by atoms with van der Waals surface area (Å²) in [4.78, 5) is 69.3. The van der Waals surface area contributed by atoms with Crippen LogP contribution in [0, 0.1) is 22.7 Å². The molecule has 0 aliphatic rings. The molecule has 13 nitrogen and oxygen atoms in total. The molecular weight excluding hydrogens is 652 g/mol. The molecule has 13 heteroatoms. The largest absolute Gasteiger partial charge is 0.481 e. The van der Waals surface area contributed by atoms with Gasteiger partial charge in [0.25, 0.3) is 0 Å². The van der Waals surface area contributed by atoms with Crippen molar-refractivity contribution >= 4 is 35.8 Å². The Bertz CT molecular complexity index is 1010. The van der Waals surface area contributed by atoms with E-state index in [4.69, 9.17) is 24.1 Å². The Morgan fingerprint density at radius 2 is 1.06 bits per heavy atom. The number of hydrogen-bond acceptors (Lipinski definition) is 11. The van der Waals surface area contributed by atoms with E-state index in [1.807, 2.05) is 20.8 Å². The summed E-state index contributed by atoms with van der Waals surface area (Å²) < 4.78 is 19.9. The molecule has 3 N–H and O–H groups in total. The van der Waals surface area contributed by atoms with E-state index in [-0.39, 0.29) is 38.6 Å². The van der Waals surface area contributed by atoms with E-state index >= 15 is 0 Å². The topological polar surface area (TPSA) is 200 Å². The highest BCUT2D eigenvalue weighted by Gasteiger charge is 2.30. The smallest absolute Gasteiger partial charge is 0.320 e. The molecule has 0 aliphatic carbocycles. The van der Waals surface area contributed by atoms with Gasteiger partial charge in [-0.1, -0.05) is 85.5 Å². The first-order valence-corrected chi connectivity index (χ1v) is 18.2. The monoisotopic (exact) mass is 718 g/mol. The van der Waals surface area contributed by atoms with Crippen LogP contribution in [-0.4, -0.2) is 83.7 Å². The number of carbonyl (C=O) groups excluding carboxylic acids is 4. The summed E-state index contributed by atoms with van der Waals surface area (Å²) >= 11 is 0. The number of carboxylic acid groups (broad SMARTS) is 2. The summed E-state index contributed by atoms with van der Waals surface area (Å²) in [6, 6.07) is 0. The highest BCUT2D eigenvalue weighted by molar-refractivity contribution is 5.93. The van der Waals surface area contributed by atoms with Gasteiger partial charge in [0.2, 0.25) is 0 Å². The van der Waals surface area contributed by atoms with Gasteiger partial charge in [0.05, 0.1) is 23.2 Å². The van der Waals surface area contributed by atoms with Crippen LogP contribution in [0.5, 0.6) is 0 Å². The third-order valence-corrected chi connectivity index (χ3v) is 8.61. The SMILES string of the molecule is CCCC(CC(=O)OCCOC(=O)C(C)(C)CC)C(=O)O.CCCCCCCCCCC(C(=O)O)C(=O)OCC(O)COC(=O)C(C)(C)CC. The average Bonchev–Trinajstić information content (AvgIpc) is 3.06. The number of aliphatic carboxylic acids is 2. The van der Waals surface area contributed by atoms with Crippen LogP contribution in [-0.2, 0) is 47.7 Å². The molecule has 0 aromatic rings. The summed E-state index contributed by atoms with van der Waals surface area (Å²) in [6.45, 7) is 14.1. The molecule has 50 heavy (non-hydrogen) atoms. The number of aliphatic hydroxyl groups is 1. The van der Waals surface area contributed by atoms with Crippen LogP contribution < -0.4 is 0 Å². The van der Waals surface area contributed by atoms with E-state index in [2.05, 4.69) is 6.92 Å². The first-order chi connectivity index (χ1) is 23.4. The van der Waals surface area contributed by atoms with Crippen molar-refractivity contribution in [1.82, 2.24) is 0 Å². The Balaban J connectivity index is 0. The van der Waals surface area contributed by atoms with Crippen LogP contribution >= 0.6 is 0 Å². The van der Waals surface area contributed by atoms with Crippen LogP contribution in [0.3, 0.4) is 0 Å². The second-order valence-electron chi connectivity index (χ2n) is 13.9. The molecule has 0 saturated heterocycles. The zero-order valence-electron chi connectivity index (χ0n) is 31.9. The van der Waals surface area contributed by atoms with Crippen molar-refractivity contribution < 1.29 is 63.0 Å². The number of carbonyl (C=O) groups is 6. The second kappa shape index (κ2) is 27.5. The number of unbranched alkanes of at least 4 members (excludes halogenated alkanes) is 7. The van der Waals surface area contributed by atoms with Crippen molar-refractivity contribution in [2.75, 3.05) is 26.4 Å². The number of carboxylic acids is 2. The van der Waals surface area contributed by atoms with Crippen LogP contribution in [0.1, 0.15) is 145 Å². The summed E-state index contributed by atoms with van der Waals surface area (Å²) in [5.74, 6) is -6.39. The highest BCUT2D eigenvalue weighted by atomic mass is 16.6. The molecule has 0 aromatic carbocycles. The third-order valence-electron chi connectivity index (χ3n) is 8.61. The number of ether oxygens (including phenoxy) is 4.